The molecule has 0 bridgehead atoms. The molecule has 0 N–H and O–H groups in total. The van der Waals surface area contributed by atoms with E-state index in [2.05, 4.69) is 15.2 Å². The van der Waals surface area contributed by atoms with Crippen LogP contribution in [-0.4, -0.2) is 43.7 Å². The van der Waals surface area contributed by atoms with Gasteiger partial charge in [-0.1, -0.05) is 0 Å². The number of alkyl halides is 2. The minimum absolute atomic E-state index is 0.0247. The maximum Gasteiger partial charge on any atom is 0.328 e. The number of ether oxygens (including phenoxy) is 1. The number of hydrogen-bond acceptors (Lipinski definition) is 7. The van der Waals surface area contributed by atoms with Crippen LogP contribution in [0.3, 0.4) is 0 Å². The van der Waals surface area contributed by atoms with Crippen molar-refractivity contribution in [1.82, 2.24) is 24.5 Å². The van der Waals surface area contributed by atoms with Crippen LogP contribution < -0.4 is 10.5 Å². The van der Waals surface area contributed by atoms with E-state index in [1.807, 2.05) is 26.0 Å². The van der Waals surface area contributed by atoms with Gasteiger partial charge in [-0.25, -0.2) is 14.3 Å². The molecule has 9 nitrogen and oxygen atoms in total. The van der Waals surface area contributed by atoms with E-state index in [0.29, 0.717) is 31.1 Å². The van der Waals surface area contributed by atoms with Crippen LogP contribution in [0.15, 0.2) is 29.1 Å². The van der Waals surface area contributed by atoms with Gasteiger partial charge in [0.25, 0.3) is 5.56 Å². The molecule has 5 rings (SSSR count). The Hall–Kier alpha value is -3.65. The normalized spacial score (nSPS) is 19.5. The highest BCUT2D eigenvalue weighted by atomic mass is 19.3. The van der Waals surface area contributed by atoms with Gasteiger partial charge < -0.3 is 4.74 Å². The van der Waals surface area contributed by atoms with Crippen LogP contribution in [0.1, 0.15) is 47.1 Å². The molecule has 0 amide bonds. The van der Waals surface area contributed by atoms with E-state index in [1.54, 1.807) is 10.7 Å². The zero-order valence-electron chi connectivity index (χ0n) is 18.8. The Labute approximate surface area is 194 Å². The van der Waals surface area contributed by atoms with Crippen LogP contribution in [0.5, 0.6) is 0 Å². The third kappa shape index (κ3) is 3.84. The maximum absolute atomic E-state index is 15.5. The first-order valence-corrected chi connectivity index (χ1v) is 11.1. The van der Waals surface area contributed by atoms with E-state index in [4.69, 9.17) is 4.74 Å². The van der Waals surface area contributed by atoms with Crippen molar-refractivity contribution in [2.75, 3.05) is 18.1 Å². The summed E-state index contributed by atoms with van der Waals surface area (Å²) in [6.07, 6.45) is 0.123. The van der Waals surface area contributed by atoms with Crippen LogP contribution in [-0.2, 0) is 17.8 Å². The summed E-state index contributed by atoms with van der Waals surface area (Å²) in [5.41, 5.74) is 2.67. The molecule has 1 saturated heterocycles. The molecule has 1 atom stereocenters. The number of nitriles is 1. The zero-order chi connectivity index (χ0) is 24.0. The molecule has 176 valence electrons. The largest absolute Gasteiger partial charge is 0.376 e. The Morgan fingerprint density at radius 2 is 2.06 bits per heavy atom. The number of nitrogens with zero attached hydrogens (tertiary/aromatic N) is 7. The van der Waals surface area contributed by atoms with Crippen molar-refractivity contribution in [2.45, 2.75) is 51.8 Å². The van der Waals surface area contributed by atoms with Crippen LogP contribution in [0.2, 0.25) is 0 Å². The lowest BCUT2D eigenvalue weighted by molar-refractivity contribution is -0.0432. The van der Waals surface area contributed by atoms with Gasteiger partial charge in [0, 0.05) is 30.3 Å². The second-order valence-corrected chi connectivity index (χ2v) is 8.66. The van der Waals surface area contributed by atoms with Gasteiger partial charge in [-0.05, 0) is 38.5 Å². The van der Waals surface area contributed by atoms with Crippen LogP contribution in [0.4, 0.5) is 14.6 Å². The van der Waals surface area contributed by atoms with Gasteiger partial charge in [-0.15, -0.1) is 5.10 Å². The molecule has 0 radical (unpaired) electrons. The molecule has 3 aromatic rings. The topological polar surface area (TPSA) is 102 Å². The lowest BCUT2D eigenvalue weighted by atomic mass is 10.0. The van der Waals surface area contributed by atoms with Gasteiger partial charge in [-0.2, -0.15) is 19.1 Å². The summed E-state index contributed by atoms with van der Waals surface area (Å²) < 4.78 is 39.0. The number of rotatable bonds is 3. The molecule has 11 heteroatoms. The average molecular weight is 467 g/mol. The van der Waals surface area contributed by atoms with Gasteiger partial charge in [0.05, 0.1) is 42.6 Å². The Kier molecular flexibility index (Phi) is 5.40. The summed E-state index contributed by atoms with van der Waals surface area (Å²) in [5.74, 6) is 0.365. The number of anilines is 1. The molecule has 3 aromatic heterocycles. The molecule has 1 fully saturated rings. The molecule has 2 aliphatic rings. The summed E-state index contributed by atoms with van der Waals surface area (Å²) in [7, 11) is 0. The predicted octanol–water partition coefficient (Wildman–Crippen LogP) is 2.82. The van der Waals surface area contributed by atoms with Crippen molar-refractivity contribution in [1.29, 1.82) is 5.26 Å². The molecule has 0 aromatic carbocycles. The standard InChI is InChI=1S/C23H23F2N7O2/c1-14-9-15(2)31(28-14)20-3-4-21(33)32(29-20)18-5-7-30(23(24,25)11-18)22-16(12-26)10-17-13-34-8-6-19(17)27-22/h3-4,9-10,18H,5-8,11,13H2,1-2H3. The highest BCUT2D eigenvalue weighted by Gasteiger charge is 2.46. The van der Waals surface area contributed by atoms with Crippen LogP contribution >= 0.6 is 0 Å². The van der Waals surface area contributed by atoms with E-state index in [-0.39, 0.29) is 24.3 Å². The van der Waals surface area contributed by atoms with Crippen molar-refractivity contribution in [2.24, 2.45) is 0 Å². The Balaban J connectivity index is 1.46. The highest BCUT2D eigenvalue weighted by Crippen LogP contribution is 2.40. The third-order valence-corrected chi connectivity index (χ3v) is 6.23. The number of aromatic nitrogens is 5. The van der Waals surface area contributed by atoms with E-state index >= 15 is 8.78 Å². The van der Waals surface area contributed by atoms with Gasteiger partial charge in [0.1, 0.15) is 6.07 Å². The molecular formula is C23H23F2N7O2. The second kappa shape index (κ2) is 8.29. The second-order valence-electron chi connectivity index (χ2n) is 8.66. The average Bonchev–Trinajstić information content (AvgIpc) is 3.15. The Bertz CT molecular complexity index is 1360. The Morgan fingerprint density at radius 1 is 1.24 bits per heavy atom. The van der Waals surface area contributed by atoms with E-state index in [9.17, 15) is 10.1 Å². The van der Waals surface area contributed by atoms with Crippen LogP contribution in [0.25, 0.3) is 5.82 Å². The molecule has 0 aliphatic carbocycles. The third-order valence-electron chi connectivity index (χ3n) is 6.23. The smallest absolute Gasteiger partial charge is 0.328 e. The zero-order valence-corrected chi connectivity index (χ0v) is 18.8. The van der Waals surface area contributed by atoms with Crippen molar-refractivity contribution in [3.63, 3.8) is 0 Å². The summed E-state index contributed by atoms with van der Waals surface area (Å²) >= 11 is 0. The van der Waals surface area contributed by atoms with Crippen molar-refractivity contribution in [3.8, 4) is 11.9 Å². The predicted molar refractivity (Wildman–Crippen MR) is 118 cm³/mol. The first-order chi connectivity index (χ1) is 16.3. The molecule has 0 saturated carbocycles. The number of halogens is 2. The van der Waals surface area contributed by atoms with Gasteiger partial charge in [0.2, 0.25) is 0 Å². The van der Waals surface area contributed by atoms with Crippen molar-refractivity contribution >= 4 is 5.82 Å². The highest BCUT2D eigenvalue weighted by molar-refractivity contribution is 5.57. The van der Waals surface area contributed by atoms with Crippen molar-refractivity contribution < 1.29 is 13.5 Å². The first-order valence-electron chi connectivity index (χ1n) is 11.1. The molecule has 0 spiro atoms. The number of hydrogen-bond donors (Lipinski definition) is 0. The lowest BCUT2D eigenvalue weighted by Crippen LogP contribution is -2.50. The fourth-order valence-corrected chi connectivity index (χ4v) is 4.62. The lowest BCUT2D eigenvalue weighted by Gasteiger charge is -2.40. The van der Waals surface area contributed by atoms with Gasteiger partial charge in [-0.3, -0.25) is 9.69 Å². The minimum atomic E-state index is -3.32. The number of fused-ring (bicyclic) bond motifs is 1. The molecular weight excluding hydrogens is 444 g/mol. The summed E-state index contributed by atoms with van der Waals surface area (Å²) in [6, 6.07) is 4.17. The van der Waals surface area contributed by atoms with E-state index < -0.39 is 24.1 Å². The SMILES string of the molecule is Cc1cc(C)n(-c2ccc(=O)n(C3CCN(c4nc5c(cc4C#N)COCC5)C(F)(F)C3)n2)n1. The Morgan fingerprint density at radius 3 is 2.76 bits per heavy atom. The minimum Gasteiger partial charge on any atom is -0.376 e. The number of piperidine rings is 1. The quantitative estimate of drug-likeness (QED) is 0.546. The monoisotopic (exact) mass is 467 g/mol. The van der Waals surface area contributed by atoms with Crippen molar-refractivity contribution in [3.05, 3.63) is 62.8 Å². The number of aryl methyl sites for hydroxylation is 2. The molecule has 1 unspecified atom stereocenters. The van der Waals surface area contributed by atoms with Gasteiger partial charge >= 0.3 is 6.05 Å². The first kappa shape index (κ1) is 22.2. The molecule has 5 heterocycles. The fraction of sp³-hybridized carbons (Fsp3) is 0.435. The van der Waals surface area contributed by atoms with E-state index in [1.165, 1.54) is 12.1 Å². The van der Waals surface area contributed by atoms with Gasteiger partial charge in [0.15, 0.2) is 11.6 Å². The summed E-state index contributed by atoms with van der Waals surface area (Å²) in [4.78, 5) is 17.9. The van der Waals surface area contributed by atoms with E-state index in [0.717, 1.165) is 26.5 Å². The molecule has 2 aliphatic heterocycles. The number of pyridine rings is 1. The molecule has 34 heavy (non-hydrogen) atoms. The summed E-state index contributed by atoms with van der Waals surface area (Å²) in [5, 5.41) is 18.3. The maximum atomic E-state index is 15.5. The fourth-order valence-electron chi connectivity index (χ4n) is 4.62. The summed E-state index contributed by atoms with van der Waals surface area (Å²) in [6.45, 7) is 4.40. The van der Waals surface area contributed by atoms with Crippen LogP contribution in [0, 0.1) is 25.2 Å².